The Hall–Kier alpha value is -2.18. The van der Waals surface area contributed by atoms with Crippen molar-refractivity contribution in [2.75, 3.05) is 0 Å². The zero-order valence-electron chi connectivity index (χ0n) is 10.4. The second-order valence-corrected chi connectivity index (χ2v) is 4.09. The van der Waals surface area contributed by atoms with Crippen LogP contribution in [0.1, 0.15) is 48.3 Å². The van der Waals surface area contributed by atoms with Crippen LogP contribution in [0, 0.1) is 0 Å². The van der Waals surface area contributed by atoms with Gasteiger partial charge in [-0.05, 0) is 19.4 Å². The summed E-state index contributed by atoms with van der Waals surface area (Å²) < 4.78 is 0. The van der Waals surface area contributed by atoms with E-state index in [1.165, 1.54) is 6.33 Å². The minimum absolute atomic E-state index is 0.225. The normalized spacial score (nSPS) is 12.3. The van der Waals surface area contributed by atoms with E-state index < -0.39 is 0 Å². The molecule has 0 fully saturated rings. The number of amides is 1. The molecule has 2 aromatic rings. The van der Waals surface area contributed by atoms with Crippen LogP contribution >= 0.6 is 0 Å². The number of aromatic amines is 2. The highest BCUT2D eigenvalue weighted by Gasteiger charge is 2.15. The summed E-state index contributed by atoms with van der Waals surface area (Å²) in [5.41, 5.74) is 1.36. The highest BCUT2D eigenvalue weighted by molar-refractivity contribution is 5.92. The monoisotopic (exact) mass is 248 g/mol. The summed E-state index contributed by atoms with van der Waals surface area (Å²) >= 11 is 0. The van der Waals surface area contributed by atoms with E-state index in [1.807, 2.05) is 6.92 Å². The summed E-state index contributed by atoms with van der Waals surface area (Å²) in [7, 11) is 0. The first-order valence-corrected chi connectivity index (χ1v) is 5.91. The Morgan fingerprint density at radius 2 is 2.33 bits per heavy atom. The largest absolute Gasteiger partial charge is 0.341 e. The zero-order valence-corrected chi connectivity index (χ0v) is 10.4. The van der Waals surface area contributed by atoms with Crippen molar-refractivity contribution in [1.29, 1.82) is 0 Å². The Balaban J connectivity index is 1.98. The van der Waals surface area contributed by atoms with Gasteiger partial charge >= 0.3 is 0 Å². The summed E-state index contributed by atoms with van der Waals surface area (Å²) in [6.45, 7) is 3.91. The highest BCUT2D eigenvalue weighted by atomic mass is 16.2. The topological polar surface area (TPSA) is 99.3 Å². The van der Waals surface area contributed by atoms with Crippen LogP contribution in [0.15, 0.2) is 12.4 Å². The van der Waals surface area contributed by atoms with Crippen molar-refractivity contribution in [2.45, 2.75) is 32.7 Å². The number of rotatable bonds is 5. The molecule has 18 heavy (non-hydrogen) atoms. The second-order valence-electron chi connectivity index (χ2n) is 4.09. The first-order chi connectivity index (χ1) is 8.70. The van der Waals surface area contributed by atoms with Gasteiger partial charge in [-0.3, -0.25) is 15.0 Å². The maximum absolute atomic E-state index is 11.9. The standard InChI is InChI=1S/C11H16N6O/c1-3-4-8-5-9(16-15-8)11(18)14-7(2)10-12-6-13-17-10/h5-7H,3-4H2,1-2H3,(H,14,18)(H,15,16)(H,12,13,17)/t7-/m0/s1. The molecule has 96 valence electrons. The molecule has 1 amide bonds. The number of hydrogen-bond acceptors (Lipinski definition) is 4. The van der Waals surface area contributed by atoms with Crippen molar-refractivity contribution in [3.05, 3.63) is 29.6 Å². The first kappa shape index (κ1) is 12.3. The van der Waals surface area contributed by atoms with Crippen LogP contribution < -0.4 is 5.32 Å². The molecule has 2 rings (SSSR count). The molecule has 1 atom stereocenters. The minimum atomic E-state index is -0.230. The van der Waals surface area contributed by atoms with Gasteiger partial charge in [0.25, 0.3) is 5.91 Å². The fourth-order valence-corrected chi connectivity index (χ4v) is 1.64. The van der Waals surface area contributed by atoms with E-state index in [1.54, 1.807) is 6.07 Å². The van der Waals surface area contributed by atoms with Crippen molar-refractivity contribution >= 4 is 5.91 Å². The van der Waals surface area contributed by atoms with Crippen LogP contribution in [-0.4, -0.2) is 31.3 Å². The van der Waals surface area contributed by atoms with Gasteiger partial charge < -0.3 is 5.32 Å². The van der Waals surface area contributed by atoms with E-state index in [9.17, 15) is 4.79 Å². The first-order valence-electron chi connectivity index (χ1n) is 5.91. The minimum Gasteiger partial charge on any atom is -0.341 e. The molecule has 2 heterocycles. The Bertz CT molecular complexity index is 503. The molecule has 0 radical (unpaired) electrons. The number of nitrogens with zero attached hydrogens (tertiary/aromatic N) is 3. The Morgan fingerprint density at radius 3 is 3.00 bits per heavy atom. The molecular weight excluding hydrogens is 232 g/mol. The Morgan fingerprint density at radius 1 is 1.50 bits per heavy atom. The second kappa shape index (κ2) is 5.44. The molecule has 0 spiro atoms. The van der Waals surface area contributed by atoms with E-state index in [-0.39, 0.29) is 11.9 Å². The maximum Gasteiger partial charge on any atom is 0.272 e. The van der Waals surface area contributed by atoms with Gasteiger partial charge in [0.2, 0.25) is 0 Å². The van der Waals surface area contributed by atoms with Gasteiger partial charge in [0, 0.05) is 5.69 Å². The van der Waals surface area contributed by atoms with E-state index >= 15 is 0 Å². The maximum atomic E-state index is 11.9. The Labute approximate surface area is 104 Å². The van der Waals surface area contributed by atoms with Crippen molar-refractivity contribution in [3.8, 4) is 0 Å². The lowest BCUT2D eigenvalue weighted by molar-refractivity contribution is 0.0933. The number of nitrogens with one attached hydrogen (secondary N) is 3. The van der Waals surface area contributed by atoms with Gasteiger partial charge in [-0.1, -0.05) is 13.3 Å². The van der Waals surface area contributed by atoms with E-state index in [0.717, 1.165) is 18.5 Å². The van der Waals surface area contributed by atoms with Gasteiger partial charge in [-0.2, -0.15) is 10.2 Å². The molecule has 0 aliphatic heterocycles. The van der Waals surface area contributed by atoms with Crippen LogP contribution in [0.4, 0.5) is 0 Å². The molecule has 0 unspecified atom stereocenters. The van der Waals surface area contributed by atoms with Crippen LogP contribution in [0.3, 0.4) is 0 Å². The summed E-state index contributed by atoms with van der Waals surface area (Å²) in [6, 6.07) is 1.54. The third kappa shape index (κ3) is 2.73. The summed E-state index contributed by atoms with van der Waals surface area (Å²) in [4.78, 5) is 15.9. The average Bonchev–Trinajstić information content (AvgIpc) is 3.00. The van der Waals surface area contributed by atoms with Gasteiger partial charge in [0.05, 0.1) is 6.04 Å². The van der Waals surface area contributed by atoms with Gasteiger partial charge in [-0.15, -0.1) is 0 Å². The zero-order chi connectivity index (χ0) is 13.0. The lowest BCUT2D eigenvalue weighted by Gasteiger charge is -2.08. The smallest absolute Gasteiger partial charge is 0.272 e. The third-order valence-corrected chi connectivity index (χ3v) is 2.57. The number of hydrogen-bond donors (Lipinski definition) is 3. The fraction of sp³-hybridized carbons (Fsp3) is 0.455. The SMILES string of the molecule is CCCc1cc(C(=O)N[C@@H](C)c2ncn[nH]2)n[nH]1. The van der Waals surface area contributed by atoms with Crippen molar-refractivity contribution in [1.82, 2.24) is 30.7 Å². The predicted molar refractivity (Wildman–Crippen MR) is 64.8 cm³/mol. The van der Waals surface area contributed by atoms with Gasteiger partial charge in [-0.25, -0.2) is 4.98 Å². The van der Waals surface area contributed by atoms with Crippen LogP contribution in [0.25, 0.3) is 0 Å². The van der Waals surface area contributed by atoms with Gasteiger partial charge in [0.15, 0.2) is 0 Å². The van der Waals surface area contributed by atoms with E-state index in [4.69, 9.17) is 0 Å². The number of H-pyrrole nitrogens is 2. The van der Waals surface area contributed by atoms with Crippen molar-refractivity contribution in [3.63, 3.8) is 0 Å². The molecule has 7 nitrogen and oxygen atoms in total. The summed E-state index contributed by atoms with van der Waals surface area (Å²) in [5, 5.41) is 16.1. The van der Waals surface area contributed by atoms with Crippen LogP contribution in [-0.2, 0) is 6.42 Å². The lowest BCUT2D eigenvalue weighted by atomic mass is 10.2. The van der Waals surface area contributed by atoms with Gasteiger partial charge in [0.1, 0.15) is 17.8 Å². The summed E-state index contributed by atoms with van der Waals surface area (Å²) in [5.74, 6) is 0.394. The number of aromatic nitrogens is 5. The fourth-order valence-electron chi connectivity index (χ4n) is 1.64. The highest BCUT2D eigenvalue weighted by Crippen LogP contribution is 2.07. The molecule has 0 saturated carbocycles. The average molecular weight is 248 g/mol. The molecule has 7 heteroatoms. The van der Waals surface area contributed by atoms with E-state index in [2.05, 4.69) is 37.6 Å². The lowest BCUT2D eigenvalue weighted by Crippen LogP contribution is -2.27. The van der Waals surface area contributed by atoms with Crippen molar-refractivity contribution < 1.29 is 4.79 Å². The number of carbonyl (C=O) groups excluding carboxylic acids is 1. The van der Waals surface area contributed by atoms with Crippen LogP contribution in [0.2, 0.25) is 0 Å². The molecule has 0 bridgehead atoms. The quantitative estimate of drug-likeness (QED) is 0.734. The summed E-state index contributed by atoms with van der Waals surface area (Å²) in [6.07, 6.45) is 3.31. The third-order valence-electron chi connectivity index (χ3n) is 2.57. The number of carbonyl (C=O) groups is 1. The number of aryl methyl sites for hydroxylation is 1. The predicted octanol–water partition coefficient (Wildman–Crippen LogP) is 0.971. The van der Waals surface area contributed by atoms with Crippen LogP contribution in [0.5, 0.6) is 0 Å². The molecule has 2 aromatic heterocycles. The molecule has 0 aliphatic rings. The Kier molecular flexibility index (Phi) is 3.71. The molecule has 0 aliphatic carbocycles. The molecule has 0 saturated heterocycles. The van der Waals surface area contributed by atoms with Crippen molar-refractivity contribution in [2.24, 2.45) is 0 Å². The van der Waals surface area contributed by atoms with E-state index in [0.29, 0.717) is 11.5 Å². The molecule has 3 N–H and O–H groups in total. The molecular formula is C11H16N6O. The molecule has 0 aromatic carbocycles.